The first kappa shape index (κ1) is 20.5. The molecule has 2 aromatic heterocycles. The lowest BCUT2D eigenvalue weighted by Crippen LogP contribution is -2.51. The molecule has 0 saturated heterocycles. The third-order valence-electron chi connectivity index (χ3n) is 6.98. The van der Waals surface area contributed by atoms with Crippen molar-refractivity contribution in [3.63, 3.8) is 0 Å². The molecule has 2 aliphatic rings. The zero-order chi connectivity index (χ0) is 23.2. The summed E-state index contributed by atoms with van der Waals surface area (Å²) >= 11 is 0. The van der Waals surface area contributed by atoms with Crippen LogP contribution in [0.2, 0.25) is 0 Å². The number of imidazole rings is 1. The lowest BCUT2D eigenvalue weighted by Gasteiger charge is -2.46. The molecular formula is C26H26N6O2. The highest BCUT2D eigenvalue weighted by molar-refractivity contribution is 6.02. The number of amides is 2. The van der Waals surface area contributed by atoms with Crippen LogP contribution in [0.1, 0.15) is 33.5 Å². The van der Waals surface area contributed by atoms with E-state index in [1.165, 1.54) is 5.56 Å². The molecule has 2 N–H and O–H groups in total. The fourth-order valence-corrected chi connectivity index (χ4v) is 5.44. The fourth-order valence-electron chi connectivity index (χ4n) is 5.44. The lowest BCUT2D eigenvalue weighted by molar-refractivity contribution is -0.121. The Morgan fingerprint density at radius 3 is 2.85 bits per heavy atom. The van der Waals surface area contributed by atoms with Gasteiger partial charge in [0.15, 0.2) is 0 Å². The number of nitrogens with zero attached hydrogens (tertiary/aromatic N) is 4. The van der Waals surface area contributed by atoms with Crippen molar-refractivity contribution in [2.75, 3.05) is 25.0 Å². The van der Waals surface area contributed by atoms with Crippen LogP contribution in [-0.4, -0.2) is 51.4 Å². The molecule has 0 bridgehead atoms. The maximum atomic E-state index is 13.4. The van der Waals surface area contributed by atoms with Crippen molar-refractivity contribution in [2.24, 2.45) is 0 Å². The minimum atomic E-state index is -0.253. The second kappa shape index (κ2) is 8.06. The Morgan fingerprint density at radius 1 is 1.18 bits per heavy atom. The van der Waals surface area contributed by atoms with Gasteiger partial charge in [0.05, 0.1) is 23.3 Å². The van der Waals surface area contributed by atoms with Crippen LogP contribution >= 0.6 is 0 Å². The fraction of sp³-hybridized carbons (Fsp3) is 0.269. The van der Waals surface area contributed by atoms with Crippen molar-refractivity contribution >= 4 is 28.4 Å². The first-order chi connectivity index (χ1) is 16.6. The van der Waals surface area contributed by atoms with Crippen LogP contribution in [0, 0.1) is 0 Å². The Hall–Kier alpha value is -4.07. The van der Waals surface area contributed by atoms with E-state index in [9.17, 15) is 9.59 Å². The van der Waals surface area contributed by atoms with Crippen molar-refractivity contribution in [2.45, 2.75) is 25.6 Å². The molecule has 2 aromatic carbocycles. The minimum absolute atomic E-state index is 0.0464. The normalized spacial score (nSPS) is 16.9. The first-order valence-electron chi connectivity index (χ1n) is 11.6. The molecule has 1 atom stereocenters. The molecule has 2 aliphatic heterocycles. The molecular weight excluding hydrogens is 428 g/mol. The summed E-state index contributed by atoms with van der Waals surface area (Å²) < 4.78 is 2.10. The highest BCUT2D eigenvalue weighted by Crippen LogP contribution is 2.44. The predicted octanol–water partition coefficient (Wildman–Crippen LogP) is 2.87. The number of rotatable bonds is 5. The standard InChI is InChI=1S/C26H26N6O2/c1-30-21-8-4-3-7-20(21)26(34)31-13-11-19-18-6-2-5-9-22(18)32(24(19)25(30)31)15-23(33)28-12-10-17-14-27-16-29-17/h2-9,14,16,25H,10-13,15H2,1H3,(H,27,29)(H,28,33)/t25-/m1/s1. The maximum Gasteiger partial charge on any atom is 0.257 e. The number of carbonyl (C=O) groups is 2. The van der Waals surface area contributed by atoms with Gasteiger partial charge in [-0.3, -0.25) is 9.59 Å². The largest absolute Gasteiger partial charge is 0.354 e. The SMILES string of the molecule is CN1c2ccccc2C(=O)N2CCc3c(n(CC(=O)NCCc4cnc[nH]4)c4ccccc34)[C@@H]21. The van der Waals surface area contributed by atoms with E-state index < -0.39 is 0 Å². The number of aromatic amines is 1. The summed E-state index contributed by atoms with van der Waals surface area (Å²) in [4.78, 5) is 37.6. The van der Waals surface area contributed by atoms with Gasteiger partial charge in [-0.25, -0.2) is 4.98 Å². The van der Waals surface area contributed by atoms with Gasteiger partial charge in [0.1, 0.15) is 12.7 Å². The highest BCUT2D eigenvalue weighted by Gasteiger charge is 2.42. The summed E-state index contributed by atoms with van der Waals surface area (Å²) in [7, 11) is 2.03. The third-order valence-corrected chi connectivity index (χ3v) is 6.98. The molecule has 4 aromatic rings. The molecule has 0 unspecified atom stereocenters. The van der Waals surface area contributed by atoms with Crippen molar-refractivity contribution in [3.05, 3.63) is 83.6 Å². The second-order valence-corrected chi connectivity index (χ2v) is 8.89. The molecule has 0 radical (unpaired) electrons. The Labute approximate surface area is 197 Å². The maximum absolute atomic E-state index is 13.4. The third kappa shape index (κ3) is 3.17. The predicted molar refractivity (Wildman–Crippen MR) is 130 cm³/mol. The Balaban J connectivity index is 1.38. The van der Waals surface area contributed by atoms with Crippen LogP contribution in [0.25, 0.3) is 10.9 Å². The van der Waals surface area contributed by atoms with E-state index in [-0.39, 0.29) is 24.5 Å². The van der Waals surface area contributed by atoms with E-state index in [1.54, 1.807) is 12.5 Å². The van der Waals surface area contributed by atoms with Gasteiger partial charge < -0.3 is 24.7 Å². The number of benzene rings is 2. The summed E-state index contributed by atoms with van der Waals surface area (Å²) in [6.45, 7) is 1.39. The van der Waals surface area contributed by atoms with E-state index in [1.807, 2.05) is 48.3 Å². The van der Waals surface area contributed by atoms with Crippen LogP contribution in [0.5, 0.6) is 0 Å². The molecule has 0 saturated carbocycles. The van der Waals surface area contributed by atoms with Gasteiger partial charge in [-0.1, -0.05) is 30.3 Å². The van der Waals surface area contributed by atoms with Crippen LogP contribution in [-0.2, 0) is 24.2 Å². The summed E-state index contributed by atoms with van der Waals surface area (Å²) in [5.41, 5.74) is 5.91. The number of fused-ring (bicyclic) bond motifs is 6. The number of nitrogens with one attached hydrogen (secondary N) is 2. The zero-order valence-electron chi connectivity index (χ0n) is 19.0. The average Bonchev–Trinajstić information content (AvgIpc) is 3.49. The van der Waals surface area contributed by atoms with Gasteiger partial charge in [-0.15, -0.1) is 0 Å². The number of aromatic nitrogens is 3. The van der Waals surface area contributed by atoms with Gasteiger partial charge in [-0.05, 0) is 30.2 Å². The zero-order valence-corrected chi connectivity index (χ0v) is 19.0. The molecule has 8 heteroatoms. The highest BCUT2D eigenvalue weighted by atomic mass is 16.2. The average molecular weight is 455 g/mol. The number of carbonyl (C=O) groups excluding carboxylic acids is 2. The van der Waals surface area contributed by atoms with Crippen LogP contribution < -0.4 is 10.2 Å². The Morgan fingerprint density at radius 2 is 2.00 bits per heavy atom. The number of anilines is 1. The topological polar surface area (TPSA) is 86.3 Å². The molecule has 4 heterocycles. The Kier molecular flexibility index (Phi) is 4.86. The van der Waals surface area contributed by atoms with Gasteiger partial charge in [0.25, 0.3) is 5.91 Å². The molecule has 2 amide bonds. The van der Waals surface area contributed by atoms with E-state index in [4.69, 9.17) is 0 Å². The first-order valence-corrected chi connectivity index (χ1v) is 11.6. The van der Waals surface area contributed by atoms with Gasteiger partial charge in [-0.2, -0.15) is 0 Å². The van der Waals surface area contributed by atoms with Crippen molar-refractivity contribution < 1.29 is 9.59 Å². The van der Waals surface area contributed by atoms with Crippen LogP contribution in [0.15, 0.2) is 61.1 Å². The van der Waals surface area contributed by atoms with Crippen molar-refractivity contribution in [3.8, 4) is 0 Å². The van der Waals surface area contributed by atoms with Gasteiger partial charge >= 0.3 is 0 Å². The second-order valence-electron chi connectivity index (χ2n) is 8.89. The van der Waals surface area contributed by atoms with Gasteiger partial charge in [0.2, 0.25) is 5.91 Å². The van der Waals surface area contributed by atoms with Gasteiger partial charge in [0, 0.05) is 49.4 Å². The molecule has 0 aliphatic carbocycles. The molecule has 172 valence electrons. The smallest absolute Gasteiger partial charge is 0.257 e. The molecule has 8 nitrogen and oxygen atoms in total. The van der Waals surface area contributed by atoms with E-state index in [0.29, 0.717) is 19.5 Å². The number of hydrogen-bond donors (Lipinski definition) is 2. The summed E-state index contributed by atoms with van der Waals surface area (Å²) in [5.74, 6) is -0.00412. The quantitative estimate of drug-likeness (QED) is 0.486. The van der Waals surface area contributed by atoms with Crippen molar-refractivity contribution in [1.82, 2.24) is 24.8 Å². The monoisotopic (exact) mass is 454 g/mol. The number of para-hydroxylation sites is 2. The van der Waals surface area contributed by atoms with E-state index in [0.717, 1.165) is 40.0 Å². The number of hydrogen-bond acceptors (Lipinski definition) is 4. The number of H-pyrrole nitrogens is 1. The Bertz CT molecular complexity index is 1390. The van der Waals surface area contributed by atoms with E-state index in [2.05, 4.69) is 36.9 Å². The molecule has 6 rings (SSSR count). The van der Waals surface area contributed by atoms with Crippen molar-refractivity contribution in [1.29, 1.82) is 0 Å². The summed E-state index contributed by atoms with van der Waals surface area (Å²) in [5, 5.41) is 4.19. The van der Waals surface area contributed by atoms with Crippen LogP contribution in [0.4, 0.5) is 5.69 Å². The molecule has 34 heavy (non-hydrogen) atoms. The summed E-state index contributed by atoms with van der Waals surface area (Å²) in [6, 6.07) is 16.0. The summed E-state index contributed by atoms with van der Waals surface area (Å²) in [6.07, 6.45) is 4.62. The molecule has 0 spiro atoms. The van der Waals surface area contributed by atoms with E-state index >= 15 is 0 Å². The minimum Gasteiger partial charge on any atom is -0.354 e. The van der Waals surface area contributed by atoms with Crippen LogP contribution in [0.3, 0.4) is 0 Å². The molecule has 0 fully saturated rings. The lowest BCUT2D eigenvalue weighted by atomic mass is 9.96.